The first kappa shape index (κ1) is 13.7. The van der Waals surface area contributed by atoms with E-state index in [1.54, 1.807) is 0 Å². The van der Waals surface area contributed by atoms with Crippen molar-refractivity contribution in [1.82, 2.24) is 4.90 Å². The zero-order valence-electron chi connectivity index (χ0n) is 10.7. The van der Waals surface area contributed by atoms with Crippen molar-refractivity contribution >= 4 is 5.91 Å². The molecule has 0 aromatic carbocycles. The first-order valence-corrected chi connectivity index (χ1v) is 6.16. The molecule has 0 aliphatic carbocycles. The predicted molar refractivity (Wildman–Crippen MR) is 60.5 cm³/mol. The maximum Gasteiger partial charge on any atom is 0.247 e. The molecule has 2 aliphatic heterocycles. The number of alkyl halides is 2. The van der Waals surface area contributed by atoms with Crippen molar-refractivity contribution in [3.63, 3.8) is 0 Å². The number of hydrogen-bond donors (Lipinski definition) is 0. The Morgan fingerprint density at radius 3 is 2.67 bits per heavy atom. The maximum atomic E-state index is 12.3. The lowest BCUT2D eigenvalue weighted by Crippen LogP contribution is -2.61. The Morgan fingerprint density at radius 1 is 1.39 bits per heavy atom. The zero-order valence-corrected chi connectivity index (χ0v) is 10.7. The molecular weight excluding hydrogens is 244 g/mol. The van der Waals surface area contributed by atoms with Crippen LogP contribution in [-0.2, 0) is 14.3 Å². The van der Waals surface area contributed by atoms with Gasteiger partial charge in [-0.15, -0.1) is 0 Å². The third-order valence-corrected chi connectivity index (χ3v) is 3.29. The Hall–Kier alpha value is -0.750. The minimum Gasteiger partial charge on any atom is -0.378 e. The van der Waals surface area contributed by atoms with Gasteiger partial charge in [0, 0.05) is 19.6 Å². The largest absolute Gasteiger partial charge is 0.378 e. The summed E-state index contributed by atoms with van der Waals surface area (Å²) in [6, 6.07) is 0. The van der Waals surface area contributed by atoms with Gasteiger partial charge >= 0.3 is 0 Å². The minimum atomic E-state index is -2.60. The Bertz CT molecular complexity index is 327. The molecule has 0 aromatic rings. The molecule has 2 heterocycles. The first-order chi connectivity index (χ1) is 8.32. The van der Waals surface area contributed by atoms with Crippen LogP contribution in [0.1, 0.15) is 26.7 Å². The van der Waals surface area contributed by atoms with Gasteiger partial charge in [0.25, 0.3) is 0 Å². The van der Waals surface area contributed by atoms with Crippen LogP contribution in [0.25, 0.3) is 0 Å². The number of carbonyl (C=O) groups is 1. The third kappa shape index (κ3) is 2.98. The van der Waals surface area contributed by atoms with Crippen molar-refractivity contribution < 1.29 is 23.0 Å². The van der Waals surface area contributed by atoms with E-state index in [0.29, 0.717) is 32.7 Å². The minimum absolute atomic E-state index is 0.348. The van der Waals surface area contributed by atoms with Gasteiger partial charge in [-0.2, -0.15) is 0 Å². The summed E-state index contributed by atoms with van der Waals surface area (Å²) < 4.78 is 35.9. The standard InChI is InChI=1S/C12H19F2NO3/c1-11(2)6-15(10(16)5-9(13)14)7-12(18-11)3-4-17-8-12/h9H,3-8H2,1-2H3. The van der Waals surface area contributed by atoms with Crippen molar-refractivity contribution in [1.29, 1.82) is 0 Å². The van der Waals surface area contributed by atoms with E-state index in [-0.39, 0.29) is 0 Å². The molecule has 0 radical (unpaired) electrons. The Kier molecular flexibility index (Phi) is 3.60. The van der Waals surface area contributed by atoms with Gasteiger partial charge in [-0.1, -0.05) is 0 Å². The summed E-state index contributed by atoms with van der Waals surface area (Å²) in [7, 11) is 0. The second-order valence-electron chi connectivity index (χ2n) is 5.69. The SMILES string of the molecule is CC1(C)CN(C(=O)CC(F)F)CC2(CCOC2)O1. The lowest BCUT2D eigenvalue weighted by Gasteiger charge is -2.48. The molecule has 0 aromatic heterocycles. The summed E-state index contributed by atoms with van der Waals surface area (Å²) >= 11 is 0. The molecule has 2 rings (SSSR count). The van der Waals surface area contributed by atoms with Crippen LogP contribution in [-0.4, -0.2) is 54.7 Å². The molecule has 1 spiro atoms. The van der Waals surface area contributed by atoms with E-state index in [0.717, 1.165) is 0 Å². The molecule has 18 heavy (non-hydrogen) atoms. The van der Waals surface area contributed by atoms with Crippen LogP contribution < -0.4 is 0 Å². The molecule has 0 saturated carbocycles. The van der Waals surface area contributed by atoms with Crippen LogP contribution >= 0.6 is 0 Å². The van der Waals surface area contributed by atoms with Gasteiger partial charge in [0.05, 0.1) is 25.2 Å². The van der Waals surface area contributed by atoms with Gasteiger partial charge < -0.3 is 14.4 Å². The lowest BCUT2D eigenvalue weighted by molar-refractivity contribution is -0.200. The molecule has 104 valence electrons. The fourth-order valence-corrected chi connectivity index (χ4v) is 2.75. The van der Waals surface area contributed by atoms with Gasteiger partial charge in [0.15, 0.2) is 0 Å². The average molecular weight is 263 g/mol. The summed E-state index contributed by atoms with van der Waals surface area (Å²) in [6.07, 6.45) is -2.61. The van der Waals surface area contributed by atoms with E-state index in [2.05, 4.69) is 0 Å². The Morgan fingerprint density at radius 2 is 2.11 bits per heavy atom. The molecule has 1 atom stereocenters. The van der Waals surface area contributed by atoms with E-state index >= 15 is 0 Å². The maximum absolute atomic E-state index is 12.3. The van der Waals surface area contributed by atoms with E-state index in [9.17, 15) is 13.6 Å². The normalized spacial score (nSPS) is 31.3. The number of ether oxygens (including phenoxy) is 2. The predicted octanol–water partition coefficient (Wildman–Crippen LogP) is 1.44. The number of morpholine rings is 1. The highest BCUT2D eigenvalue weighted by molar-refractivity contribution is 5.76. The molecule has 2 saturated heterocycles. The second kappa shape index (κ2) is 4.74. The molecule has 1 unspecified atom stereocenters. The van der Waals surface area contributed by atoms with E-state index in [1.807, 2.05) is 13.8 Å². The zero-order chi connectivity index (χ0) is 13.4. The fourth-order valence-electron chi connectivity index (χ4n) is 2.75. The summed E-state index contributed by atoms with van der Waals surface area (Å²) in [5.41, 5.74) is -1.04. The molecule has 1 amide bonds. The molecule has 4 nitrogen and oxygen atoms in total. The van der Waals surface area contributed by atoms with Crippen molar-refractivity contribution in [2.75, 3.05) is 26.3 Å². The van der Waals surface area contributed by atoms with E-state index in [1.165, 1.54) is 4.90 Å². The van der Waals surface area contributed by atoms with Crippen LogP contribution in [0.3, 0.4) is 0 Å². The highest BCUT2D eigenvalue weighted by atomic mass is 19.3. The van der Waals surface area contributed by atoms with E-state index < -0.39 is 30.0 Å². The molecular formula is C12H19F2NO3. The Labute approximate surface area is 105 Å². The van der Waals surface area contributed by atoms with Gasteiger partial charge in [0.2, 0.25) is 12.3 Å². The monoisotopic (exact) mass is 263 g/mol. The van der Waals surface area contributed by atoms with Crippen molar-refractivity contribution in [3.8, 4) is 0 Å². The number of nitrogens with zero attached hydrogens (tertiary/aromatic N) is 1. The van der Waals surface area contributed by atoms with Crippen LogP contribution in [0.15, 0.2) is 0 Å². The summed E-state index contributed by atoms with van der Waals surface area (Å²) in [5, 5.41) is 0. The fraction of sp³-hybridized carbons (Fsp3) is 0.917. The molecule has 0 N–H and O–H groups in total. The van der Waals surface area contributed by atoms with Gasteiger partial charge in [0.1, 0.15) is 5.60 Å². The number of hydrogen-bond acceptors (Lipinski definition) is 3. The van der Waals surface area contributed by atoms with Gasteiger partial charge in [-0.3, -0.25) is 4.79 Å². The highest BCUT2D eigenvalue weighted by Crippen LogP contribution is 2.34. The molecule has 0 bridgehead atoms. The molecule has 6 heteroatoms. The summed E-state index contributed by atoms with van der Waals surface area (Å²) in [4.78, 5) is 13.3. The second-order valence-corrected chi connectivity index (χ2v) is 5.69. The third-order valence-electron chi connectivity index (χ3n) is 3.29. The van der Waals surface area contributed by atoms with Crippen LogP contribution in [0.2, 0.25) is 0 Å². The lowest BCUT2D eigenvalue weighted by atomic mass is 9.94. The van der Waals surface area contributed by atoms with Gasteiger partial charge in [-0.05, 0) is 13.8 Å². The average Bonchev–Trinajstić information content (AvgIpc) is 2.62. The topological polar surface area (TPSA) is 38.8 Å². The van der Waals surface area contributed by atoms with E-state index in [4.69, 9.17) is 9.47 Å². The number of halogens is 2. The van der Waals surface area contributed by atoms with Crippen LogP contribution in [0.4, 0.5) is 8.78 Å². The number of amides is 1. The summed E-state index contributed by atoms with van der Waals surface area (Å²) in [5.74, 6) is -0.507. The number of rotatable bonds is 2. The molecule has 2 aliphatic rings. The Balaban J connectivity index is 2.09. The quantitative estimate of drug-likeness (QED) is 0.756. The van der Waals surface area contributed by atoms with Crippen molar-refractivity contribution in [2.24, 2.45) is 0 Å². The van der Waals surface area contributed by atoms with Gasteiger partial charge in [-0.25, -0.2) is 8.78 Å². The molecule has 2 fully saturated rings. The van der Waals surface area contributed by atoms with Crippen molar-refractivity contribution in [3.05, 3.63) is 0 Å². The number of carbonyl (C=O) groups excluding carboxylic acids is 1. The highest BCUT2D eigenvalue weighted by Gasteiger charge is 2.48. The first-order valence-electron chi connectivity index (χ1n) is 6.16. The van der Waals surface area contributed by atoms with Crippen molar-refractivity contribution in [2.45, 2.75) is 44.3 Å². The van der Waals surface area contributed by atoms with Crippen LogP contribution in [0.5, 0.6) is 0 Å². The smallest absolute Gasteiger partial charge is 0.247 e. The summed E-state index contributed by atoms with van der Waals surface area (Å²) in [6.45, 7) is 5.45. The van der Waals surface area contributed by atoms with Crippen LogP contribution in [0, 0.1) is 0 Å².